The van der Waals surface area contributed by atoms with Crippen molar-refractivity contribution in [3.8, 4) is 0 Å². The van der Waals surface area contributed by atoms with Gasteiger partial charge in [-0.2, -0.15) is 13.2 Å². The van der Waals surface area contributed by atoms with Crippen LogP contribution in [0.2, 0.25) is 0 Å². The maximum Gasteiger partial charge on any atom is 0.416 e. The quantitative estimate of drug-likeness (QED) is 0.430. The molecule has 174 valence electrons. The van der Waals surface area contributed by atoms with Crippen LogP contribution in [0.1, 0.15) is 28.4 Å². The van der Waals surface area contributed by atoms with Gasteiger partial charge < -0.3 is 5.11 Å². The van der Waals surface area contributed by atoms with Gasteiger partial charge in [-0.1, -0.05) is 17.8 Å². The van der Waals surface area contributed by atoms with Gasteiger partial charge in [-0.15, -0.1) is 0 Å². The van der Waals surface area contributed by atoms with Gasteiger partial charge in [0.15, 0.2) is 0 Å². The number of halogens is 3. The summed E-state index contributed by atoms with van der Waals surface area (Å²) in [5.41, 5.74) is 0.0180. The fourth-order valence-corrected chi connectivity index (χ4v) is 5.46. The third kappa shape index (κ3) is 5.51. The summed E-state index contributed by atoms with van der Waals surface area (Å²) < 4.78 is 65.6. The number of aryl methyl sites for hydroxylation is 1. The minimum atomic E-state index is -4.40. The van der Waals surface area contributed by atoms with E-state index in [9.17, 15) is 31.5 Å². The number of carboxylic acid groups (broad SMARTS) is 1. The predicted octanol–water partition coefficient (Wildman–Crippen LogP) is 6.08. The van der Waals surface area contributed by atoms with Crippen LogP contribution in [0.25, 0.3) is 0 Å². The number of rotatable bonds is 7. The van der Waals surface area contributed by atoms with E-state index < -0.39 is 27.7 Å². The molecule has 1 N–H and O–H groups in total. The molecule has 10 heteroatoms. The standard InChI is InChI=1S/C23H20F3NO4S2/c1-3-27(33(30,31)20-13-4-15(2)21(14-20)22(28)29)17-7-11-19(12-8-17)32-18-9-5-16(6-10-18)23(24,25)26/h4-14H,3H2,1-2H3,(H,28,29). The second kappa shape index (κ2) is 9.48. The molecule has 0 aromatic heterocycles. The van der Waals surface area contributed by atoms with Crippen LogP contribution in [0.4, 0.5) is 18.9 Å². The van der Waals surface area contributed by atoms with Gasteiger partial charge in [-0.05, 0) is 80.1 Å². The summed E-state index contributed by atoms with van der Waals surface area (Å²) in [6.07, 6.45) is -4.40. The normalized spacial score (nSPS) is 11.9. The van der Waals surface area contributed by atoms with Crippen molar-refractivity contribution in [1.29, 1.82) is 0 Å². The van der Waals surface area contributed by atoms with Crippen molar-refractivity contribution in [3.05, 3.63) is 83.4 Å². The summed E-state index contributed by atoms with van der Waals surface area (Å²) in [6, 6.07) is 15.3. The molecule has 0 atom stereocenters. The molecule has 5 nitrogen and oxygen atoms in total. The highest BCUT2D eigenvalue weighted by Gasteiger charge is 2.30. The molecular weight excluding hydrogens is 475 g/mol. The summed E-state index contributed by atoms with van der Waals surface area (Å²) >= 11 is 1.25. The van der Waals surface area contributed by atoms with E-state index in [1.165, 1.54) is 36.0 Å². The van der Waals surface area contributed by atoms with Gasteiger partial charge in [0.1, 0.15) is 0 Å². The van der Waals surface area contributed by atoms with E-state index in [4.69, 9.17) is 0 Å². The monoisotopic (exact) mass is 495 g/mol. The average Bonchev–Trinajstić information content (AvgIpc) is 2.75. The second-order valence-electron chi connectivity index (χ2n) is 7.07. The maximum absolute atomic E-state index is 13.2. The summed E-state index contributed by atoms with van der Waals surface area (Å²) in [6.45, 7) is 3.36. The highest BCUT2D eigenvalue weighted by Crippen LogP contribution is 2.34. The number of anilines is 1. The second-order valence-corrected chi connectivity index (χ2v) is 10.1. The van der Waals surface area contributed by atoms with Crippen molar-refractivity contribution >= 4 is 33.4 Å². The number of carbonyl (C=O) groups is 1. The van der Waals surface area contributed by atoms with Gasteiger partial charge in [-0.25, -0.2) is 13.2 Å². The Morgan fingerprint density at radius 1 is 0.970 bits per heavy atom. The van der Waals surface area contributed by atoms with Crippen LogP contribution < -0.4 is 4.31 Å². The molecule has 33 heavy (non-hydrogen) atoms. The van der Waals surface area contributed by atoms with Crippen molar-refractivity contribution in [2.75, 3.05) is 10.8 Å². The molecular formula is C23H20F3NO4S2. The molecule has 0 aliphatic rings. The first-order valence-corrected chi connectivity index (χ1v) is 12.0. The van der Waals surface area contributed by atoms with Crippen LogP contribution in [0.15, 0.2) is 81.4 Å². The van der Waals surface area contributed by atoms with Crippen molar-refractivity contribution in [2.24, 2.45) is 0 Å². The van der Waals surface area contributed by atoms with Crippen LogP contribution >= 0.6 is 11.8 Å². The third-order valence-corrected chi connectivity index (χ3v) is 7.77. The SMILES string of the molecule is CCN(c1ccc(Sc2ccc(C(F)(F)F)cc2)cc1)S(=O)(=O)c1ccc(C)c(C(=O)O)c1. The largest absolute Gasteiger partial charge is 0.478 e. The van der Waals surface area contributed by atoms with Gasteiger partial charge in [-0.3, -0.25) is 4.31 Å². The number of aromatic carboxylic acids is 1. The van der Waals surface area contributed by atoms with Gasteiger partial charge >= 0.3 is 12.1 Å². The van der Waals surface area contributed by atoms with E-state index in [1.54, 1.807) is 38.1 Å². The fraction of sp³-hybridized carbons (Fsp3) is 0.174. The van der Waals surface area contributed by atoms with E-state index in [0.717, 1.165) is 27.4 Å². The lowest BCUT2D eigenvalue weighted by molar-refractivity contribution is -0.137. The number of nitrogens with zero attached hydrogens (tertiary/aromatic N) is 1. The predicted molar refractivity (Wildman–Crippen MR) is 120 cm³/mol. The molecule has 3 aromatic carbocycles. The van der Waals surface area contributed by atoms with Crippen LogP contribution in [0, 0.1) is 6.92 Å². The average molecular weight is 496 g/mol. The van der Waals surface area contributed by atoms with Gasteiger partial charge in [0.25, 0.3) is 10.0 Å². The molecule has 0 amide bonds. The van der Waals surface area contributed by atoms with E-state index in [2.05, 4.69) is 0 Å². The van der Waals surface area contributed by atoms with E-state index >= 15 is 0 Å². The zero-order valence-corrected chi connectivity index (χ0v) is 19.3. The molecule has 0 bridgehead atoms. The lowest BCUT2D eigenvalue weighted by Crippen LogP contribution is -2.31. The van der Waals surface area contributed by atoms with E-state index in [0.29, 0.717) is 16.1 Å². The van der Waals surface area contributed by atoms with Crippen LogP contribution in [-0.2, 0) is 16.2 Å². The van der Waals surface area contributed by atoms with Gasteiger partial charge in [0.05, 0.1) is 21.7 Å². The molecule has 0 saturated heterocycles. The Balaban J connectivity index is 1.84. The van der Waals surface area contributed by atoms with Crippen LogP contribution in [-0.4, -0.2) is 26.0 Å². The Kier molecular flexibility index (Phi) is 7.08. The maximum atomic E-state index is 13.2. The molecule has 0 radical (unpaired) electrons. The van der Waals surface area contributed by atoms with Crippen LogP contribution in [0.3, 0.4) is 0 Å². The Bertz CT molecular complexity index is 1260. The Labute approximate surface area is 193 Å². The smallest absolute Gasteiger partial charge is 0.416 e. The van der Waals surface area contributed by atoms with E-state index in [1.807, 2.05) is 0 Å². The number of hydrogen-bond acceptors (Lipinski definition) is 4. The first kappa shape index (κ1) is 24.7. The first-order chi connectivity index (χ1) is 15.4. The zero-order chi connectivity index (χ0) is 24.4. The summed E-state index contributed by atoms with van der Waals surface area (Å²) in [5.74, 6) is -1.21. The number of benzene rings is 3. The molecule has 0 aliphatic carbocycles. The molecule has 0 unspecified atom stereocenters. The summed E-state index contributed by atoms with van der Waals surface area (Å²) in [7, 11) is -4.01. The molecule has 0 spiro atoms. The zero-order valence-electron chi connectivity index (χ0n) is 17.6. The van der Waals surface area contributed by atoms with Gasteiger partial charge in [0.2, 0.25) is 0 Å². The highest BCUT2D eigenvalue weighted by atomic mass is 32.2. The summed E-state index contributed by atoms with van der Waals surface area (Å²) in [4.78, 5) is 12.6. The molecule has 0 saturated carbocycles. The van der Waals surface area contributed by atoms with Crippen LogP contribution in [0.5, 0.6) is 0 Å². The molecule has 3 rings (SSSR count). The number of sulfonamides is 1. The van der Waals surface area contributed by atoms with E-state index in [-0.39, 0.29) is 17.0 Å². The highest BCUT2D eigenvalue weighted by molar-refractivity contribution is 7.99. The number of alkyl halides is 3. The van der Waals surface area contributed by atoms with Crippen molar-refractivity contribution in [3.63, 3.8) is 0 Å². The number of hydrogen-bond donors (Lipinski definition) is 1. The topological polar surface area (TPSA) is 74.7 Å². The third-order valence-electron chi connectivity index (χ3n) is 4.86. The minimum absolute atomic E-state index is 0.0876. The Morgan fingerprint density at radius 3 is 2.00 bits per heavy atom. The lowest BCUT2D eigenvalue weighted by atomic mass is 10.1. The minimum Gasteiger partial charge on any atom is -0.478 e. The Morgan fingerprint density at radius 2 is 1.52 bits per heavy atom. The molecule has 0 heterocycles. The molecule has 0 fully saturated rings. The summed E-state index contributed by atoms with van der Waals surface area (Å²) in [5, 5.41) is 9.31. The Hall–Kier alpha value is -2.98. The fourth-order valence-electron chi connectivity index (χ4n) is 3.14. The van der Waals surface area contributed by atoms with Crippen molar-refractivity contribution in [1.82, 2.24) is 0 Å². The first-order valence-electron chi connectivity index (χ1n) is 9.75. The van der Waals surface area contributed by atoms with Gasteiger partial charge in [0, 0.05) is 16.3 Å². The number of carboxylic acids is 1. The van der Waals surface area contributed by atoms with Crippen molar-refractivity contribution < 1.29 is 31.5 Å². The molecule has 0 aliphatic heterocycles. The molecule has 3 aromatic rings. The lowest BCUT2D eigenvalue weighted by Gasteiger charge is -2.23. The van der Waals surface area contributed by atoms with Crippen molar-refractivity contribution in [2.45, 2.75) is 34.7 Å².